The number of carbonyl (C=O) groups is 2. The van der Waals surface area contributed by atoms with Crippen LogP contribution in [0.1, 0.15) is 41.0 Å². The molecular formula is C15H30N2O3. The third-order valence-electron chi connectivity index (χ3n) is 3.28. The van der Waals surface area contributed by atoms with E-state index >= 15 is 0 Å². The molecule has 1 amide bonds. The molecule has 0 aromatic heterocycles. The van der Waals surface area contributed by atoms with Gasteiger partial charge in [-0.05, 0) is 20.0 Å². The molecule has 5 nitrogen and oxygen atoms in total. The van der Waals surface area contributed by atoms with Crippen LogP contribution in [0.25, 0.3) is 0 Å². The van der Waals surface area contributed by atoms with E-state index < -0.39 is 0 Å². The SMILES string of the molecule is CCOC(=O)CCN(CCN(CC)CC)C(=O)C(C)C. The number of amides is 1. The molecule has 0 atom stereocenters. The first-order valence-electron chi connectivity index (χ1n) is 7.62. The van der Waals surface area contributed by atoms with Crippen LogP contribution in [-0.4, -0.2) is 61.0 Å². The summed E-state index contributed by atoms with van der Waals surface area (Å²) >= 11 is 0. The Kier molecular flexibility index (Phi) is 10.1. The van der Waals surface area contributed by atoms with E-state index in [9.17, 15) is 9.59 Å². The maximum absolute atomic E-state index is 12.2. The fourth-order valence-corrected chi connectivity index (χ4v) is 1.96. The molecule has 20 heavy (non-hydrogen) atoms. The van der Waals surface area contributed by atoms with Crippen molar-refractivity contribution in [2.75, 3.05) is 39.3 Å². The van der Waals surface area contributed by atoms with Crippen LogP contribution in [0.4, 0.5) is 0 Å². The van der Waals surface area contributed by atoms with Gasteiger partial charge in [-0.15, -0.1) is 0 Å². The van der Waals surface area contributed by atoms with Crippen molar-refractivity contribution in [2.45, 2.75) is 41.0 Å². The number of esters is 1. The smallest absolute Gasteiger partial charge is 0.307 e. The van der Waals surface area contributed by atoms with Gasteiger partial charge in [0.15, 0.2) is 0 Å². The fourth-order valence-electron chi connectivity index (χ4n) is 1.96. The molecule has 0 unspecified atom stereocenters. The summed E-state index contributed by atoms with van der Waals surface area (Å²) in [6.07, 6.45) is 0.268. The highest BCUT2D eigenvalue weighted by atomic mass is 16.5. The van der Waals surface area contributed by atoms with Crippen LogP contribution in [-0.2, 0) is 14.3 Å². The molecule has 0 aromatic carbocycles. The van der Waals surface area contributed by atoms with Crippen molar-refractivity contribution in [1.82, 2.24) is 9.80 Å². The first-order valence-corrected chi connectivity index (χ1v) is 7.62. The second kappa shape index (κ2) is 10.7. The van der Waals surface area contributed by atoms with Crippen LogP contribution in [0.5, 0.6) is 0 Å². The van der Waals surface area contributed by atoms with Crippen LogP contribution < -0.4 is 0 Å². The number of ether oxygens (including phenoxy) is 1. The van der Waals surface area contributed by atoms with E-state index in [0.29, 0.717) is 19.7 Å². The molecule has 5 heteroatoms. The summed E-state index contributed by atoms with van der Waals surface area (Å²) in [4.78, 5) is 27.6. The summed E-state index contributed by atoms with van der Waals surface area (Å²) in [5.41, 5.74) is 0. The minimum atomic E-state index is -0.239. The molecule has 0 aliphatic carbocycles. The molecule has 0 heterocycles. The van der Waals surface area contributed by atoms with Crippen molar-refractivity contribution in [3.05, 3.63) is 0 Å². The van der Waals surface area contributed by atoms with Crippen LogP contribution in [0.3, 0.4) is 0 Å². The first-order chi connectivity index (χ1) is 9.46. The third kappa shape index (κ3) is 7.48. The third-order valence-corrected chi connectivity index (χ3v) is 3.28. The lowest BCUT2D eigenvalue weighted by Gasteiger charge is -2.27. The molecule has 0 radical (unpaired) electrons. The monoisotopic (exact) mass is 286 g/mol. The van der Waals surface area contributed by atoms with Gasteiger partial charge in [-0.2, -0.15) is 0 Å². The molecule has 0 aliphatic rings. The predicted octanol–water partition coefficient (Wildman–Crippen LogP) is 1.77. The van der Waals surface area contributed by atoms with Crippen LogP contribution >= 0.6 is 0 Å². The van der Waals surface area contributed by atoms with Crippen molar-refractivity contribution in [1.29, 1.82) is 0 Å². The summed E-state index contributed by atoms with van der Waals surface area (Å²) in [5.74, 6) is -0.188. The number of carbonyl (C=O) groups excluding carboxylic acids is 2. The van der Waals surface area contributed by atoms with Gasteiger partial charge in [0.05, 0.1) is 13.0 Å². The molecule has 0 rings (SSSR count). The van der Waals surface area contributed by atoms with Gasteiger partial charge in [-0.3, -0.25) is 9.59 Å². The Labute approximate surface area is 123 Å². The molecule has 0 saturated heterocycles. The standard InChI is InChI=1S/C15H30N2O3/c1-6-16(7-2)11-12-17(15(19)13(4)5)10-9-14(18)20-8-3/h13H,6-12H2,1-5H3. The van der Waals surface area contributed by atoms with E-state index in [1.54, 1.807) is 11.8 Å². The van der Waals surface area contributed by atoms with Crippen molar-refractivity contribution < 1.29 is 14.3 Å². The molecular weight excluding hydrogens is 256 g/mol. The average Bonchev–Trinajstić information content (AvgIpc) is 2.42. The van der Waals surface area contributed by atoms with Gasteiger partial charge in [0.1, 0.15) is 0 Å². The summed E-state index contributed by atoms with van der Waals surface area (Å²) in [5, 5.41) is 0. The Morgan fingerprint density at radius 1 is 1.00 bits per heavy atom. The number of rotatable bonds is 10. The minimum absolute atomic E-state index is 0.0473. The summed E-state index contributed by atoms with van der Waals surface area (Å²) in [7, 11) is 0. The van der Waals surface area contributed by atoms with Crippen LogP contribution in [0.15, 0.2) is 0 Å². The number of likely N-dealkylation sites (N-methyl/N-ethyl adjacent to an activating group) is 1. The second-order valence-electron chi connectivity index (χ2n) is 5.06. The Balaban J connectivity index is 4.42. The van der Waals surface area contributed by atoms with Gasteiger partial charge < -0.3 is 14.5 Å². The zero-order valence-corrected chi connectivity index (χ0v) is 13.6. The minimum Gasteiger partial charge on any atom is -0.466 e. The quantitative estimate of drug-likeness (QED) is 0.574. The molecule has 0 fully saturated rings. The lowest BCUT2D eigenvalue weighted by molar-refractivity contribution is -0.144. The molecule has 0 spiro atoms. The molecule has 118 valence electrons. The van der Waals surface area contributed by atoms with Crippen molar-refractivity contribution in [3.63, 3.8) is 0 Å². The topological polar surface area (TPSA) is 49.9 Å². The Bertz CT molecular complexity index is 289. The molecule has 0 saturated carbocycles. The second-order valence-corrected chi connectivity index (χ2v) is 5.06. The zero-order valence-electron chi connectivity index (χ0n) is 13.6. The zero-order chi connectivity index (χ0) is 15.5. The number of hydrogen-bond acceptors (Lipinski definition) is 4. The van der Waals surface area contributed by atoms with E-state index in [1.807, 2.05) is 13.8 Å². The van der Waals surface area contributed by atoms with Gasteiger partial charge in [0, 0.05) is 25.6 Å². The average molecular weight is 286 g/mol. The number of nitrogens with zero attached hydrogens (tertiary/aromatic N) is 2. The summed E-state index contributed by atoms with van der Waals surface area (Å²) in [6, 6.07) is 0. The van der Waals surface area contributed by atoms with Gasteiger partial charge >= 0.3 is 5.97 Å². The highest BCUT2D eigenvalue weighted by molar-refractivity contribution is 5.79. The van der Waals surface area contributed by atoms with Gasteiger partial charge in [0.2, 0.25) is 5.91 Å². The Morgan fingerprint density at radius 2 is 1.60 bits per heavy atom. The molecule has 0 aromatic rings. The lowest BCUT2D eigenvalue weighted by Crippen LogP contribution is -2.41. The van der Waals surface area contributed by atoms with E-state index in [1.165, 1.54) is 0 Å². The van der Waals surface area contributed by atoms with E-state index in [4.69, 9.17) is 4.74 Å². The maximum atomic E-state index is 12.2. The largest absolute Gasteiger partial charge is 0.466 e. The van der Waals surface area contributed by atoms with Crippen LogP contribution in [0, 0.1) is 5.92 Å². The fraction of sp³-hybridized carbons (Fsp3) is 0.867. The number of hydrogen-bond donors (Lipinski definition) is 0. The van der Waals surface area contributed by atoms with Crippen LogP contribution in [0.2, 0.25) is 0 Å². The molecule has 0 bridgehead atoms. The van der Waals surface area contributed by atoms with E-state index in [-0.39, 0.29) is 24.2 Å². The van der Waals surface area contributed by atoms with Crippen molar-refractivity contribution >= 4 is 11.9 Å². The molecule has 0 aliphatic heterocycles. The maximum Gasteiger partial charge on any atom is 0.307 e. The van der Waals surface area contributed by atoms with E-state index in [2.05, 4.69) is 18.7 Å². The predicted molar refractivity (Wildman–Crippen MR) is 80.5 cm³/mol. The van der Waals surface area contributed by atoms with Crippen molar-refractivity contribution in [3.8, 4) is 0 Å². The lowest BCUT2D eigenvalue weighted by atomic mass is 10.2. The van der Waals surface area contributed by atoms with Gasteiger partial charge in [-0.1, -0.05) is 27.7 Å². The highest BCUT2D eigenvalue weighted by Gasteiger charge is 2.18. The Morgan fingerprint density at radius 3 is 2.05 bits per heavy atom. The molecule has 0 N–H and O–H groups in total. The normalized spacial score (nSPS) is 10.9. The van der Waals surface area contributed by atoms with Crippen molar-refractivity contribution in [2.24, 2.45) is 5.92 Å². The summed E-state index contributed by atoms with van der Waals surface area (Å²) < 4.78 is 4.91. The highest BCUT2D eigenvalue weighted by Crippen LogP contribution is 2.04. The Hall–Kier alpha value is -1.10. The van der Waals surface area contributed by atoms with E-state index in [0.717, 1.165) is 19.6 Å². The van der Waals surface area contributed by atoms with Gasteiger partial charge in [-0.25, -0.2) is 0 Å². The van der Waals surface area contributed by atoms with Gasteiger partial charge in [0.25, 0.3) is 0 Å². The summed E-state index contributed by atoms with van der Waals surface area (Å²) in [6.45, 7) is 14.0. The first kappa shape index (κ1) is 18.9.